The Balaban J connectivity index is 2.08. The summed E-state index contributed by atoms with van der Waals surface area (Å²) in [5, 5.41) is 13.2. The van der Waals surface area contributed by atoms with E-state index >= 15 is 0 Å². The van der Waals surface area contributed by atoms with Crippen LogP contribution < -0.4 is 11.1 Å². The third kappa shape index (κ3) is 5.23. The molecule has 2 rings (SSSR count). The largest absolute Gasteiger partial charge is 0.452 e. The summed E-state index contributed by atoms with van der Waals surface area (Å²) in [6.45, 7) is -0.713. The number of nitrogens with zero attached hydrogens (tertiary/aromatic N) is 2. The number of hydrogen-bond acceptors (Lipinski definition) is 8. The van der Waals surface area contributed by atoms with Crippen LogP contribution in [0.5, 0.6) is 0 Å². The van der Waals surface area contributed by atoms with Crippen LogP contribution in [0.3, 0.4) is 0 Å². The van der Waals surface area contributed by atoms with Gasteiger partial charge >= 0.3 is 5.97 Å². The average Bonchev–Trinajstić information content (AvgIpc) is 2.67. The van der Waals surface area contributed by atoms with Crippen molar-refractivity contribution in [3.05, 3.63) is 57.1 Å². The number of anilines is 2. The van der Waals surface area contributed by atoms with E-state index in [2.05, 4.69) is 5.32 Å². The molecular formula is C17H17ClN4O7S. The van der Waals surface area contributed by atoms with Gasteiger partial charge in [0.05, 0.1) is 15.5 Å². The fraction of sp³-hybridized carbons (Fsp3) is 0.176. The molecule has 0 aliphatic carbocycles. The van der Waals surface area contributed by atoms with Crippen molar-refractivity contribution in [3.63, 3.8) is 0 Å². The fourth-order valence-corrected chi connectivity index (χ4v) is 3.61. The smallest absolute Gasteiger partial charge is 0.338 e. The lowest BCUT2D eigenvalue weighted by Crippen LogP contribution is -2.23. The Morgan fingerprint density at radius 2 is 1.90 bits per heavy atom. The molecule has 0 radical (unpaired) electrons. The first-order valence-electron chi connectivity index (χ1n) is 8.16. The maximum atomic E-state index is 12.3. The molecule has 0 fully saturated rings. The molecule has 3 N–H and O–H groups in total. The van der Waals surface area contributed by atoms with Crippen LogP contribution in [0.1, 0.15) is 10.4 Å². The molecule has 0 saturated heterocycles. The number of nitrogens with one attached hydrogen (secondary N) is 1. The molecule has 2 aromatic carbocycles. The van der Waals surface area contributed by atoms with Crippen LogP contribution in [0.25, 0.3) is 0 Å². The van der Waals surface area contributed by atoms with Crippen LogP contribution in [0.4, 0.5) is 17.1 Å². The van der Waals surface area contributed by atoms with Crippen LogP contribution in [-0.4, -0.2) is 50.2 Å². The third-order valence-corrected chi connectivity index (χ3v) is 6.07. The Morgan fingerprint density at radius 1 is 1.23 bits per heavy atom. The van der Waals surface area contributed by atoms with Gasteiger partial charge in [0.25, 0.3) is 11.6 Å². The van der Waals surface area contributed by atoms with E-state index in [9.17, 15) is 28.1 Å². The molecule has 0 bridgehead atoms. The van der Waals surface area contributed by atoms with Crippen molar-refractivity contribution in [2.75, 3.05) is 31.8 Å². The predicted octanol–water partition coefficient (Wildman–Crippen LogP) is 1.88. The summed E-state index contributed by atoms with van der Waals surface area (Å²) in [5.74, 6) is -1.73. The molecule has 0 aromatic heterocycles. The molecular weight excluding hydrogens is 440 g/mol. The van der Waals surface area contributed by atoms with Gasteiger partial charge in [0.1, 0.15) is 10.6 Å². The number of nitrogens with two attached hydrogens (primary N) is 1. The van der Waals surface area contributed by atoms with E-state index in [1.807, 2.05) is 0 Å². The monoisotopic (exact) mass is 456 g/mol. The quantitative estimate of drug-likeness (QED) is 0.276. The summed E-state index contributed by atoms with van der Waals surface area (Å²) in [6.07, 6.45) is 0. The van der Waals surface area contributed by atoms with Crippen molar-refractivity contribution < 1.29 is 27.7 Å². The summed E-state index contributed by atoms with van der Waals surface area (Å²) in [5.41, 5.74) is 4.82. The predicted molar refractivity (Wildman–Crippen MR) is 109 cm³/mol. The van der Waals surface area contributed by atoms with Gasteiger partial charge in [0.15, 0.2) is 6.61 Å². The van der Waals surface area contributed by atoms with Gasteiger partial charge in [0.2, 0.25) is 10.0 Å². The zero-order valence-electron chi connectivity index (χ0n) is 15.8. The number of carbonyl (C=O) groups is 2. The molecule has 0 aliphatic heterocycles. The molecule has 13 heteroatoms. The van der Waals surface area contributed by atoms with Crippen molar-refractivity contribution in [2.45, 2.75) is 4.90 Å². The Bertz CT molecular complexity index is 1120. The van der Waals surface area contributed by atoms with E-state index in [4.69, 9.17) is 22.1 Å². The van der Waals surface area contributed by atoms with E-state index in [1.165, 1.54) is 44.4 Å². The van der Waals surface area contributed by atoms with Crippen LogP contribution >= 0.6 is 11.6 Å². The van der Waals surface area contributed by atoms with Crippen LogP contribution in [0.2, 0.25) is 5.02 Å². The lowest BCUT2D eigenvalue weighted by molar-refractivity contribution is -0.383. The second-order valence-electron chi connectivity index (χ2n) is 6.09. The summed E-state index contributed by atoms with van der Waals surface area (Å²) in [6, 6.07) is 7.18. The summed E-state index contributed by atoms with van der Waals surface area (Å²) in [7, 11) is -1.18. The number of carbonyl (C=O) groups excluding carboxylic acids is 2. The van der Waals surface area contributed by atoms with Gasteiger partial charge in [-0.05, 0) is 30.3 Å². The highest BCUT2D eigenvalue weighted by atomic mass is 35.5. The number of hydrogen-bond donors (Lipinski definition) is 2. The number of nitrogen functional groups attached to an aromatic ring is 1. The van der Waals surface area contributed by atoms with Gasteiger partial charge in [-0.25, -0.2) is 17.5 Å². The van der Waals surface area contributed by atoms with Crippen molar-refractivity contribution in [1.29, 1.82) is 0 Å². The van der Waals surface area contributed by atoms with E-state index in [1.54, 1.807) is 0 Å². The number of rotatable bonds is 7. The van der Waals surface area contributed by atoms with Gasteiger partial charge in [0, 0.05) is 25.8 Å². The van der Waals surface area contributed by atoms with E-state index in [0.717, 1.165) is 10.4 Å². The lowest BCUT2D eigenvalue weighted by atomic mass is 10.2. The maximum absolute atomic E-state index is 12.3. The zero-order valence-corrected chi connectivity index (χ0v) is 17.4. The van der Waals surface area contributed by atoms with Gasteiger partial charge < -0.3 is 15.8 Å². The number of benzene rings is 2. The number of halogens is 1. The van der Waals surface area contributed by atoms with Gasteiger partial charge in [-0.2, -0.15) is 0 Å². The Morgan fingerprint density at radius 3 is 2.50 bits per heavy atom. The standard InChI is InChI=1S/C17H17ClN4O7S/c1-21(2)30(27,28)15-8-11(4-5-12(15)18)20-16(23)9-29-17(24)10-3-6-13(19)14(7-10)22(25)26/h3-8H,9,19H2,1-2H3,(H,20,23). The summed E-state index contributed by atoms with van der Waals surface area (Å²) < 4.78 is 30.3. The molecule has 0 heterocycles. The number of ether oxygens (including phenoxy) is 1. The van der Waals surface area contributed by atoms with E-state index < -0.39 is 39.1 Å². The number of esters is 1. The molecule has 0 atom stereocenters. The first-order valence-corrected chi connectivity index (χ1v) is 9.98. The van der Waals surface area contributed by atoms with Crippen molar-refractivity contribution in [2.24, 2.45) is 0 Å². The second-order valence-corrected chi connectivity index (χ2v) is 8.62. The van der Waals surface area contributed by atoms with Crippen molar-refractivity contribution in [1.82, 2.24) is 4.31 Å². The summed E-state index contributed by atoms with van der Waals surface area (Å²) in [4.78, 5) is 34.0. The topological polar surface area (TPSA) is 162 Å². The zero-order chi connectivity index (χ0) is 22.6. The normalized spacial score (nSPS) is 11.2. The van der Waals surface area contributed by atoms with E-state index in [-0.39, 0.29) is 26.9 Å². The van der Waals surface area contributed by atoms with Gasteiger partial charge in [-0.15, -0.1) is 0 Å². The highest BCUT2D eigenvalue weighted by molar-refractivity contribution is 7.89. The molecule has 0 spiro atoms. The Hall–Kier alpha value is -3.22. The molecule has 2 aromatic rings. The second kappa shape index (κ2) is 9.07. The Kier molecular flexibility index (Phi) is 6.97. The fourth-order valence-electron chi connectivity index (χ4n) is 2.22. The average molecular weight is 457 g/mol. The molecule has 30 heavy (non-hydrogen) atoms. The van der Waals surface area contributed by atoms with Crippen molar-refractivity contribution >= 4 is 50.6 Å². The minimum Gasteiger partial charge on any atom is -0.452 e. The molecule has 0 saturated carbocycles. The number of sulfonamides is 1. The first kappa shape index (κ1) is 23.1. The molecule has 0 unspecified atom stereocenters. The van der Waals surface area contributed by atoms with Crippen molar-refractivity contribution in [3.8, 4) is 0 Å². The number of amides is 1. The van der Waals surface area contributed by atoms with Gasteiger partial charge in [-0.1, -0.05) is 11.6 Å². The maximum Gasteiger partial charge on any atom is 0.338 e. The number of nitro groups is 1. The molecule has 1 amide bonds. The third-order valence-electron chi connectivity index (χ3n) is 3.77. The molecule has 0 aliphatic rings. The Labute approximate surface area is 176 Å². The first-order chi connectivity index (χ1) is 13.9. The SMILES string of the molecule is CN(C)S(=O)(=O)c1cc(NC(=O)COC(=O)c2ccc(N)c([N+](=O)[O-])c2)ccc1Cl. The minimum absolute atomic E-state index is 0.0296. The van der Waals surface area contributed by atoms with Gasteiger partial charge in [-0.3, -0.25) is 14.9 Å². The van der Waals surface area contributed by atoms with Crippen LogP contribution in [-0.2, 0) is 19.6 Å². The molecule has 160 valence electrons. The minimum atomic E-state index is -3.84. The van der Waals surface area contributed by atoms with Crippen LogP contribution in [0.15, 0.2) is 41.3 Å². The summed E-state index contributed by atoms with van der Waals surface area (Å²) >= 11 is 5.93. The molecule has 11 nitrogen and oxygen atoms in total. The highest BCUT2D eigenvalue weighted by Gasteiger charge is 2.22. The number of nitro benzene ring substituents is 1. The van der Waals surface area contributed by atoms with Crippen LogP contribution in [0, 0.1) is 10.1 Å². The van der Waals surface area contributed by atoms with E-state index in [0.29, 0.717) is 0 Å². The lowest BCUT2D eigenvalue weighted by Gasteiger charge is -2.14. The highest BCUT2D eigenvalue weighted by Crippen LogP contribution is 2.27.